The van der Waals surface area contributed by atoms with E-state index >= 15 is 0 Å². The maximum absolute atomic E-state index is 4.68. The molecule has 2 heterocycles. The van der Waals surface area contributed by atoms with E-state index in [0.717, 1.165) is 50.8 Å². The number of guanidine groups is 1. The van der Waals surface area contributed by atoms with Crippen LogP contribution >= 0.6 is 24.0 Å². The van der Waals surface area contributed by atoms with Gasteiger partial charge < -0.3 is 15.5 Å². The normalized spacial score (nSPS) is 15.7. The van der Waals surface area contributed by atoms with E-state index in [2.05, 4.69) is 50.2 Å². The first-order chi connectivity index (χ1) is 11.7. The molecule has 1 fully saturated rings. The van der Waals surface area contributed by atoms with Crippen molar-refractivity contribution < 1.29 is 0 Å². The molecule has 2 rings (SSSR count). The van der Waals surface area contributed by atoms with Gasteiger partial charge in [-0.1, -0.05) is 6.42 Å². The molecule has 0 unspecified atom stereocenters. The van der Waals surface area contributed by atoms with Gasteiger partial charge in [-0.05, 0) is 59.2 Å². The number of aromatic nitrogens is 2. The summed E-state index contributed by atoms with van der Waals surface area (Å²) in [5, 5.41) is 11.3. The highest BCUT2D eigenvalue weighted by Crippen LogP contribution is 2.07. The number of piperidine rings is 1. The van der Waals surface area contributed by atoms with E-state index < -0.39 is 0 Å². The molecule has 0 atom stereocenters. The SMILES string of the molecule is CCNC(=NCCCn1nc(C)cc1C)NCCN1CCCCC1.I. The van der Waals surface area contributed by atoms with Crippen LogP contribution in [0.25, 0.3) is 0 Å². The molecule has 6 nitrogen and oxygen atoms in total. The van der Waals surface area contributed by atoms with E-state index in [-0.39, 0.29) is 24.0 Å². The number of halogens is 1. The molecule has 1 aliphatic rings. The third-order valence-corrected chi connectivity index (χ3v) is 4.41. The number of likely N-dealkylation sites (tertiary alicyclic amines) is 1. The number of hydrogen-bond acceptors (Lipinski definition) is 3. The van der Waals surface area contributed by atoms with Crippen molar-refractivity contribution in [1.29, 1.82) is 0 Å². The van der Waals surface area contributed by atoms with Crippen LogP contribution in [0.2, 0.25) is 0 Å². The minimum absolute atomic E-state index is 0. The topological polar surface area (TPSA) is 57.5 Å². The molecule has 0 radical (unpaired) electrons. The number of hydrogen-bond donors (Lipinski definition) is 2. The minimum Gasteiger partial charge on any atom is -0.357 e. The number of aryl methyl sites for hydroxylation is 3. The zero-order valence-corrected chi connectivity index (χ0v) is 18.4. The molecule has 0 aromatic carbocycles. The van der Waals surface area contributed by atoms with Gasteiger partial charge in [0.05, 0.1) is 5.69 Å². The molecular formula is C18H35IN6. The van der Waals surface area contributed by atoms with Crippen molar-refractivity contribution in [2.24, 2.45) is 4.99 Å². The smallest absolute Gasteiger partial charge is 0.191 e. The van der Waals surface area contributed by atoms with Crippen molar-refractivity contribution >= 4 is 29.9 Å². The standard InChI is InChI=1S/C18H34N6.HI/c1-4-19-18(21-10-14-23-11-6-5-7-12-23)20-9-8-13-24-17(3)15-16(2)22-24;/h15H,4-14H2,1-3H3,(H2,19,20,21);1H. The number of nitrogens with one attached hydrogen (secondary N) is 2. The van der Waals surface area contributed by atoms with Gasteiger partial charge in [-0.15, -0.1) is 24.0 Å². The summed E-state index contributed by atoms with van der Waals surface area (Å²) in [4.78, 5) is 7.23. The third kappa shape index (κ3) is 8.40. The minimum atomic E-state index is 0. The quantitative estimate of drug-likeness (QED) is 0.270. The summed E-state index contributed by atoms with van der Waals surface area (Å²) in [6.07, 6.45) is 5.09. The lowest BCUT2D eigenvalue weighted by Crippen LogP contribution is -2.42. The Labute approximate surface area is 169 Å². The van der Waals surface area contributed by atoms with Crippen LogP contribution in [-0.4, -0.2) is 59.9 Å². The van der Waals surface area contributed by atoms with Crippen molar-refractivity contribution in [3.05, 3.63) is 17.5 Å². The highest BCUT2D eigenvalue weighted by Gasteiger charge is 2.09. The Kier molecular flexibility index (Phi) is 11.1. The second kappa shape index (κ2) is 12.5. The Morgan fingerprint density at radius 2 is 1.92 bits per heavy atom. The number of nitrogens with zero attached hydrogens (tertiary/aromatic N) is 4. The number of rotatable bonds is 8. The van der Waals surface area contributed by atoms with Crippen molar-refractivity contribution in [2.75, 3.05) is 39.3 Å². The molecule has 25 heavy (non-hydrogen) atoms. The molecule has 1 aromatic heterocycles. The molecule has 1 saturated heterocycles. The van der Waals surface area contributed by atoms with E-state index in [4.69, 9.17) is 0 Å². The van der Waals surface area contributed by atoms with Gasteiger partial charge in [-0.25, -0.2) is 0 Å². The van der Waals surface area contributed by atoms with E-state index in [1.54, 1.807) is 0 Å². The van der Waals surface area contributed by atoms with Gasteiger partial charge in [0.25, 0.3) is 0 Å². The Balaban J connectivity index is 0.00000312. The predicted octanol–water partition coefficient (Wildman–Crippen LogP) is 2.55. The second-order valence-electron chi connectivity index (χ2n) is 6.59. The molecule has 0 aliphatic carbocycles. The zero-order valence-electron chi connectivity index (χ0n) is 16.1. The Bertz CT molecular complexity index is 508. The van der Waals surface area contributed by atoms with Crippen molar-refractivity contribution in [3.8, 4) is 0 Å². The van der Waals surface area contributed by atoms with Crippen LogP contribution in [0.3, 0.4) is 0 Å². The monoisotopic (exact) mass is 462 g/mol. The van der Waals surface area contributed by atoms with Gasteiger partial charge in [-0.2, -0.15) is 5.10 Å². The fourth-order valence-corrected chi connectivity index (χ4v) is 3.17. The summed E-state index contributed by atoms with van der Waals surface area (Å²) in [5.74, 6) is 0.933. The second-order valence-corrected chi connectivity index (χ2v) is 6.59. The fraction of sp³-hybridized carbons (Fsp3) is 0.778. The first-order valence-corrected chi connectivity index (χ1v) is 9.44. The number of aliphatic imine (C=N–C) groups is 1. The van der Waals surface area contributed by atoms with Gasteiger partial charge in [0, 0.05) is 38.4 Å². The van der Waals surface area contributed by atoms with Gasteiger partial charge in [0.15, 0.2) is 5.96 Å². The molecular weight excluding hydrogens is 427 g/mol. The molecule has 0 bridgehead atoms. The van der Waals surface area contributed by atoms with Crippen LogP contribution in [0.15, 0.2) is 11.1 Å². The van der Waals surface area contributed by atoms with Crippen LogP contribution in [0.4, 0.5) is 0 Å². The summed E-state index contributed by atoms with van der Waals surface area (Å²) in [7, 11) is 0. The average molecular weight is 462 g/mol. The Hall–Kier alpha value is -0.830. The average Bonchev–Trinajstić information content (AvgIpc) is 2.90. The maximum Gasteiger partial charge on any atom is 0.191 e. The van der Waals surface area contributed by atoms with E-state index in [9.17, 15) is 0 Å². The first-order valence-electron chi connectivity index (χ1n) is 9.44. The van der Waals surface area contributed by atoms with E-state index in [1.807, 2.05) is 6.92 Å². The maximum atomic E-state index is 4.68. The molecule has 1 aliphatic heterocycles. The summed E-state index contributed by atoms with van der Waals surface area (Å²) in [6.45, 7) is 13.5. The van der Waals surface area contributed by atoms with Crippen molar-refractivity contribution in [1.82, 2.24) is 25.3 Å². The predicted molar refractivity (Wildman–Crippen MR) is 116 cm³/mol. The Morgan fingerprint density at radius 1 is 1.16 bits per heavy atom. The third-order valence-electron chi connectivity index (χ3n) is 4.41. The summed E-state index contributed by atoms with van der Waals surface area (Å²) in [6, 6.07) is 2.12. The lowest BCUT2D eigenvalue weighted by molar-refractivity contribution is 0.232. The molecule has 0 amide bonds. The van der Waals surface area contributed by atoms with Crippen LogP contribution in [0.1, 0.15) is 44.0 Å². The van der Waals surface area contributed by atoms with Crippen LogP contribution in [0.5, 0.6) is 0 Å². The van der Waals surface area contributed by atoms with Crippen molar-refractivity contribution in [2.45, 2.75) is 53.0 Å². The van der Waals surface area contributed by atoms with Gasteiger partial charge >= 0.3 is 0 Å². The van der Waals surface area contributed by atoms with E-state index in [1.165, 1.54) is 38.0 Å². The van der Waals surface area contributed by atoms with Gasteiger partial charge in [0.2, 0.25) is 0 Å². The highest BCUT2D eigenvalue weighted by molar-refractivity contribution is 14.0. The van der Waals surface area contributed by atoms with E-state index in [0.29, 0.717) is 0 Å². The van der Waals surface area contributed by atoms with Gasteiger partial charge in [0.1, 0.15) is 0 Å². The lowest BCUT2D eigenvalue weighted by Gasteiger charge is -2.26. The largest absolute Gasteiger partial charge is 0.357 e. The van der Waals surface area contributed by atoms with Crippen molar-refractivity contribution in [3.63, 3.8) is 0 Å². The highest BCUT2D eigenvalue weighted by atomic mass is 127. The first kappa shape index (κ1) is 22.2. The van der Waals surface area contributed by atoms with Crippen LogP contribution < -0.4 is 10.6 Å². The zero-order chi connectivity index (χ0) is 17.2. The molecule has 7 heteroatoms. The van der Waals surface area contributed by atoms with Crippen LogP contribution in [-0.2, 0) is 6.54 Å². The Morgan fingerprint density at radius 3 is 2.56 bits per heavy atom. The fourth-order valence-electron chi connectivity index (χ4n) is 3.17. The summed E-state index contributed by atoms with van der Waals surface area (Å²) < 4.78 is 2.07. The molecule has 0 spiro atoms. The van der Waals surface area contributed by atoms with Crippen LogP contribution in [0, 0.1) is 13.8 Å². The molecule has 144 valence electrons. The lowest BCUT2D eigenvalue weighted by atomic mass is 10.1. The molecule has 1 aromatic rings. The molecule has 0 saturated carbocycles. The molecule has 2 N–H and O–H groups in total. The van der Waals surface area contributed by atoms with Gasteiger partial charge in [-0.3, -0.25) is 9.67 Å². The summed E-state index contributed by atoms with van der Waals surface area (Å²) >= 11 is 0. The summed E-state index contributed by atoms with van der Waals surface area (Å²) in [5.41, 5.74) is 2.31.